The molecule has 0 aromatic heterocycles. The number of ether oxygens (including phenoxy) is 2. The zero-order valence-corrected chi connectivity index (χ0v) is 29.8. The Labute approximate surface area is 297 Å². The van der Waals surface area contributed by atoms with Crippen LogP contribution in [0, 0.1) is 5.41 Å². The molecule has 19 heteroatoms. The molecule has 0 amide bonds. The van der Waals surface area contributed by atoms with Crippen molar-refractivity contribution in [2.24, 2.45) is 5.41 Å². The van der Waals surface area contributed by atoms with Gasteiger partial charge in [-0.1, -0.05) is 56.7 Å². The largest absolute Gasteiger partial charge is 0.743 e. The highest BCUT2D eigenvalue weighted by molar-refractivity contribution is 7.97. The summed E-state index contributed by atoms with van der Waals surface area (Å²) in [6.07, 6.45) is -4.20. The number of sulfone groups is 1. The molecule has 2 fully saturated rings. The van der Waals surface area contributed by atoms with Crippen molar-refractivity contribution in [1.29, 1.82) is 0 Å². The molecule has 1 saturated carbocycles. The summed E-state index contributed by atoms with van der Waals surface area (Å²) in [5, 5.41) is -7.80. The minimum absolute atomic E-state index is 0.108. The van der Waals surface area contributed by atoms with Gasteiger partial charge in [0, 0.05) is 11.8 Å². The molecule has 1 aliphatic heterocycles. The Hall–Kier alpha value is -2.84. The van der Waals surface area contributed by atoms with Gasteiger partial charge in [0.25, 0.3) is 0 Å². The van der Waals surface area contributed by atoms with Crippen molar-refractivity contribution in [3.05, 3.63) is 84.9 Å². The maximum atomic E-state index is 13.9. The molecule has 0 bridgehead atoms. The van der Waals surface area contributed by atoms with E-state index in [0.717, 1.165) is 17.7 Å². The summed E-state index contributed by atoms with van der Waals surface area (Å²) in [4.78, 5) is 3.83. The number of hydrogen-bond donors (Lipinski definition) is 0. The van der Waals surface area contributed by atoms with Crippen LogP contribution < -0.4 is 0 Å². The minimum atomic E-state index is -7.43. The second kappa shape index (κ2) is 14.8. The van der Waals surface area contributed by atoms with Gasteiger partial charge >= 0.3 is 23.3 Å². The van der Waals surface area contributed by atoms with Crippen LogP contribution in [-0.4, -0.2) is 68.9 Å². The molecule has 1 unspecified atom stereocenters. The van der Waals surface area contributed by atoms with Crippen LogP contribution in [0.5, 0.6) is 0 Å². The lowest BCUT2D eigenvalue weighted by Crippen LogP contribution is -2.63. The summed E-state index contributed by atoms with van der Waals surface area (Å²) >= 11 is 0. The molecule has 1 heterocycles. The zero-order chi connectivity index (χ0) is 39.0. The normalized spacial score (nSPS) is 19.9. The van der Waals surface area contributed by atoms with Crippen LogP contribution >= 0.6 is 0 Å². The van der Waals surface area contributed by atoms with Crippen molar-refractivity contribution < 1.29 is 70.4 Å². The van der Waals surface area contributed by atoms with Crippen LogP contribution in [0.2, 0.25) is 0 Å². The van der Waals surface area contributed by atoms with Crippen LogP contribution in [0.15, 0.2) is 105 Å². The van der Waals surface area contributed by atoms with Gasteiger partial charge in [0.2, 0.25) is 0 Å². The predicted molar refractivity (Wildman–Crippen MR) is 170 cm³/mol. The van der Waals surface area contributed by atoms with Gasteiger partial charge in [0.05, 0.1) is 29.0 Å². The highest BCUT2D eigenvalue weighted by Gasteiger charge is 2.83. The third kappa shape index (κ3) is 8.13. The number of halogens is 9. The standard InChI is InChI=1S/C29H33O4S2.C4HF9O3S/c1-28(2)21-32-29(33-22-28)20-10-9-15-27(29)35(30,31)26-18-16-25(17-19-26)34(23-11-5-3-6-12-23)24-13-7-4-8-14-24;5-1(6,3(9,10)11)2(7,8)4(12,13)17(14,15)16/h3-8,11-14,16-19,27H,9-10,15,20-22H2,1-2H3;(H,14,15,16)/q+1;/p-1. The monoisotopic (exact) mass is 808 g/mol. The first-order chi connectivity index (χ1) is 23.8. The van der Waals surface area contributed by atoms with Crippen molar-refractivity contribution in [3.63, 3.8) is 0 Å². The Morgan fingerprint density at radius 2 is 1.12 bits per heavy atom. The van der Waals surface area contributed by atoms with Crippen LogP contribution in [0.3, 0.4) is 0 Å². The Bertz CT molecular complexity index is 1840. The van der Waals surface area contributed by atoms with Gasteiger partial charge in [0.1, 0.15) is 5.25 Å². The van der Waals surface area contributed by atoms with E-state index in [9.17, 15) is 60.9 Å². The van der Waals surface area contributed by atoms with E-state index < -0.39 is 54.3 Å². The second-order valence-electron chi connectivity index (χ2n) is 12.9. The van der Waals surface area contributed by atoms with Crippen molar-refractivity contribution in [1.82, 2.24) is 0 Å². The summed E-state index contributed by atoms with van der Waals surface area (Å²) in [5.74, 6) is -15.9. The lowest BCUT2D eigenvalue weighted by atomic mass is 9.89. The first kappa shape index (κ1) is 41.9. The van der Waals surface area contributed by atoms with Crippen molar-refractivity contribution >= 4 is 30.9 Å². The molecule has 0 N–H and O–H groups in total. The molecule has 3 aromatic rings. The topological polar surface area (TPSA) is 110 Å². The maximum absolute atomic E-state index is 13.9. The Morgan fingerprint density at radius 1 is 0.673 bits per heavy atom. The van der Waals surface area contributed by atoms with Gasteiger partial charge < -0.3 is 14.0 Å². The molecule has 3 aromatic carbocycles. The fraction of sp³-hybridized carbons (Fsp3) is 0.455. The van der Waals surface area contributed by atoms with E-state index in [1.807, 2.05) is 48.5 Å². The predicted octanol–water partition coefficient (Wildman–Crippen LogP) is 8.22. The Kier molecular flexibility index (Phi) is 11.9. The zero-order valence-electron chi connectivity index (χ0n) is 27.4. The van der Waals surface area contributed by atoms with E-state index in [2.05, 4.69) is 38.1 Å². The quantitative estimate of drug-likeness (QED) is 0.128. The van der Waals surface area contributed by atoms with E-state index >= 15 is 0 Å². The lowest BCUT2D eigenvalue weighted by molar-refractivity contribution is -0.382. The molecule has 2 aliphatic rings. The molecule has 1 atom stereocenters. The summed E-state index contributed by atoms with van der Waals surface area (Å²) < 4.78 is 176. The summed E-state index contributed by atoms with van der Waals surface area (Å²) in [6, 6.07) is 28.2. The lowest BCUT2D eigenvalue weighted by Gasteiger charge is -2.49. The van der Waals surface area contributed by atoms with Crippen LogP contribution in [-0.2, 0) is 40.3 Å². The van der Waals surface area contributed by atoms with E-state index in [-0.39, 0.29) is 16.3 Å². The fourth-order valence-electron chi connectivity index (χ4n) is 5.49. The van der Waals surface area contributed by atoms with Gasteiger partial charge in [-0.15, -0.1) is 0 Å². The highest BCUT2D eigenvalue weighted by atomic mass is 32.2. The Balaban J connectivity index is 0.000000303. The first-order valence-corrected chi connectivity index (χ1v) is 19.6. The number of hydrogen-bond acceptors (Lipinski definition) is 7. The number of alkyl halides is 9. The van der Waals surface area contributed by atoms with Gasteiger partial charge in [0.15, 0.2) is 40.4 Å². The molecule has 1 spiro atoms. The van der Waals surface area contributed by atoms with Crippen LogP contribution in [0.1, 0.15) is 39.5 Å². The van der Waals surface area contributed by atoms with E-state index in [0.29, 0.717) is 31.0 Å². The van der Waals surface area contributed by atoms with Gasteiger partial charge in [-0.25, -0.2) is 16.8 Å². The first-order valence-electron chi connectivity index (χ1n) is 15.4. The van der Waals surface area contributed by atoms with Crippen LogP contribution in [0.25, 0.3) is 0 Å². The third-order valence-electron chi connectivity index (χ3n) is 8.30. The van der Waals surface area contributed by atoms with Crippen molar-refractivity contribution in [3.8, 4) is 0 Å². The molecule has 0 radical (unpaired) electrons. The number of rotatable bonds is 8. The average molecular weight is 809 g/mol. The van der Waals surface area contributed by atoms with Crippen molar-refractivity contribution in [2.75, 3.05) is 13.2 Å². The van der Waals surface area contributed by atoms with Gasteiger partial charge in [-0.3, -0.25) is 0 Å². The second-order valence-corrected chi connectivity index (χ2v) is 18.4. The Morgan fingerprint density at radius 3 is 1.54 bits per heavy atom. The fourth-order valence-corrected chi connectivity index (χ4v) is 10.1. The summed E-state index contributed by atoms with van der Waals surface area (Å²) in [5.41, 5.74) is -0.108. The molecule has 1 aliphatic carbocycles. The highest BCUT2D eigenvalue weighted by Crippen LogP contribution is 2.54. The smallest absolute Gasteiger partial charge is 0.460 e. The maximum Gasteiger partial charge on any atom is 0.460 e. The molecule has 5 rings (SSSR count). The van der Waals surface area contributed by atoms with Crippen molar-refractivity contribution in [2.45, 2.75) is 93.4 Å². The van der Waals surface area contributed by atoms with E-state index in [4.69, 9.17) is 9.47 Å². The average Bonchev–Trinajstić information content (AvgIpc) is 3.07. The SMILES string of the molecule is CC1(C)COC2(CCCCC2S(=O)(=O)c2ccc([S+](c3ccccc3)c3ccccc3)cc2)OC1.O=S(=O)([O-])C(F)(F)C(F)(F)C(F)(F)C(F)(F)F. The molecule has 1 saturated heterocycles. The summed E-state index contributed by atoms with van der Waals surface area (Å²) in [7, 11) is -11.4. The molecular weight excluding hydrogens is 776 g/mol. The number of benzene rings is 3. The van der Waals surface area contributed by atoms with E-state index in [1.54, 1.807) is 12.1 Å². The molecule has 52 heavy (non-hydrogen) atoms. The third-order valence-corrected chi connectivity index (χ3v) is 13.7. The summed E-state index contributed by atoms with van der Waals surface area (Å²) in [6.45, 7) is 5.19. The molecule has 7 nitrogen and oxygen atoms in total. The van der Waals surface area contributed by atoms with E-state index in [1.165, 1.54) is 9.79 Å². The molecular formula is C33H33F9O7S3. The van der Waals surface area contributed by atoms with Gasteiger partial charge in [-0.05, 0) is 61.4 Å². The molecule has 288 valence electrons. The minimum Gasteiger partial charge on any atom is -0.743 e. The van der Waals surface area contributed by atoms with Crippen LogP contribution in [0.4, 0.5) is 39.5 Å². The van der Waals surface area contributed by atoms with Gasteiger partial charge in [-0.2, -0.15) is 39.5 Å².